The zero-order chi connectivity index (χ0) is 12.0. The van der Waals surface area contributed by atoms with Gasteiger partial charge >= 0.3 is 0 Å². The molecule has 0 aromatic heterocycles. The van der Waals surface area contributed by atoms with Crippen molar-refractivity contribution in [2.24, 2.45) is 11.8 Å². The number of carbonyl (C=O) groups is 2. The van der Waals surface area contributed by atoms with Crippen molar-refractivity contribution < 1.29 is 9.59 Å². The van der Waals surface area contributed by atoms with E-state index in [-0.39, 0.29) is 30.1 Å². The summed E-state index contributed by atoms with van der Waals surface area (Å²) in [6, 6.07) is -0.164. The summed E-state index contributed by atoms with van der Waals surface area (Å²) in [5.41, 5.74) is 2.08. The van der Waals surface area contributed by atoms with E-state index in [1.54, 1.807) is 0 Å². The molecule has 0 aromatic carbocycles. The van der Waals surface area contributed by atoms with Crippen LogP contribution in [-0.2, 0) is 9.59 Å². The van der Waals surface area contributed by atoms with E-state index < -0.39 is 5.92 Å². The second-order valence-corrected chi connectivity index (χ2v) is 4.25. The quantitative estimate of drug-likeness (QED) is 0.292. The molecule has 5 nitrogen and oxygen atoms in total. The van der Waals surface area contributed by atoms with Crippen LogP contribution in [0.4, 0.5) is 0 Å². The standard InChI is InChI=1S/C11H21N3O2.ClH/c1-2-5-8(11(16)14-12)10(15)9-6-3-4-7-13-9;/h8-9,13H,2-7,12H2,1H3,(H,14,16);1H/t8?,9-;/m1./s1. The van der Waals surface area contributed by atoms with Crippen LogP contribution in [0.3, 0.4) is 0 Å². The minimum absolute atomic E-state index is 0. The number of piperidine rings is 1. The maximum atomic E-state index is 12.1. The number of hydrogen-bond acceptors (Lipinski definition) is 4. The van der Waals surface area contributed by atoms with E-state index in [4.69, 9.17) is 5.84 Å². The van der Waals surface area contributed by atoms with Gasteiger partial charge in [-0.25, -0.2) is 5.84 Å². The predicted octanol–water partition coefficient (Wildman–Crippen LogP) is 0.526. The number of hydrogen-bond donors (Lipinski definition) is 3. The van der Waals surface area contributed by atoms with Crippen molar-refractivity contribution in [1.29, 1.82) is 0 Å². The Hall–Kier alpha value is -0.650. The Kier molecular flexibility index (Phi) is 8.12. The van der Waals surface area contributed by atoms with Gasteiger partial charge < -0.3 is 5.32 Å². The van der Waals surface area contributed by atoms with Crippen LogP contribution in [0.1, 0.15) is 39.0 Å². The molecule has 1 unspecified atom stereocenters. The van der Waals surface area contributed by atoms with Gasteiger partial charge in [-0.2, -0.15) is 0 Å². The first kappa shape index (κ1) is 16.4. The highest BCUT2D eigenvalue weighted by molar-refractivity contribution is 6.03. The van der Waals surface area contributed by atoms with Gasteiger partial charge in [-0.3, -0.25) is 15.0 Å². The summed E-state index contributed by atoms with van der Waals surface area (Å²) < 4.78 is 0. The van der Waals surface area contributed by atoms with Gasteiger partial charge in [0.2, 0.25) is 5.91 Å². The lowest BCUT2D eigenvalue weighted by Crippen LogP contribution is -2.48. The van der Waals surface area contributed by atoms with Crippen molar-refractivity contribution in [2.45, 2.75) is 45.1 Å². The molecule has 17 heavy (non-hydrogen) atoms. The molecule has 100 valence electrons. The fourth-order valence-electron chi connectivity index (χ4n) is 2.13. The molecule has 1 heterocycles. The normalized spacial score (nSPS) is 21.2. The van der Waals surface area contributed by atoms with Crippen molar-refractivity contribution in [3.05, 3.63) is 0 Å². The molecule has 0 aliphatic carbocycles. The van der Waals surface area contributed by atoms with Crippen molar-refractivity contribution in [1.82, 2.24) is 10.7 Å². The van der Waals surface area contributed by atoms with Crippen LogP contribution in [-0.4, -0.2) is 24.3 Å². The molecule has 4 N–H and O–H groups in total. The first-order valence-corrected chi connectivity index (χ1v) is 5.98. The van der Waals surface area contributed by atoms with Crippen molar-refractivity contribution in [2.75, 3.05) is 6.54 Å². The van der Waals surface area contributed by atoms with E-state index in [1.807, 2.05) is 6.92 Å². The molecule has 1 amide bonds. The van der Waals surface area contributed by atoms with Gasteiger partial charge in [0.1, 0.15) is 0 Å². The van der Waals surface area contributed by atoms with Crippen molar-refractivity contribution >= 4 is 24.1 Å². The average Bonchev–Trinajstić information content (AvgIpc) is 2.35. The number of Topliss-reactive ketones (excluding diaryl/α,β-unsaturated/α-hetero) is 1. The molecule has 1 saturated heterocycles. The van der Waals surface area contributed by atoms with Crippen LogP contribution in [0, 0.1) is 5.92 Å². The Labute approximate surface area is 108 Å². The van der Waals surface area contributed by atoms with E-state index in [0.717, 1.165) is 32.2 Å². The van der Waals surface area contributed by atoms with E-state index in [2.05, 4.69) is 10.7 Å². The monoisotopic (exact) mass is 263 g/mol. The summed E-state index contributed by atoms with van der Waals surface area (Å²) >= 11 is 0. The summed E-state index contributed by atoms with van der Waals surface area (Å²) in [5.74, 6) is 4.13. The van der Waals surface area contributed by atoms with Gasteiger partial charge in [0, 0.05) is 0 Å². The molecule has 1 fully saturated rings. The minimum atomic E-state index is -0.592. The fourth-order valence-corrected chi connectivity index (χ4v) is 2.13. The Morgan fingerprint density at radius 2 is 2.18 bits per heavy atom. The lowest BCUT2D eigenvalue weighted by atomic mass is 9.89. The predicted molar refractivity (Wildman–Crippen MR) is 68.6 cm³/mol. The second kappa shape index (κ2) is 8.44. The number of carbonyl (C=O) groups excluding carboxylic acids is 2. The molecule has 1 rings (SSSR count). The molecule has 0 radical (unpaired) electrons. The Balaban J connectivity index is 0.00000256. The molecule has 0 bridgehead atoms. The van der Waals surface area contributed by atoms with E-state index in [1.165, 1.54) is 0 Å². The molecular weight excluding hydrogens is 242 g/mol. The summed E-state index contributed by atoms with van der Waals surface area (Å²) in [7, 11) is 0. The number of ketones is 1. The third-order valence-electron chi connectivity index (χ3n) is 3.03. The maximum Gasteiger partial charge on any atom is 0.244 e. The van der Waals surface area contributed by atoms with Crippen LogP contribution < -0.4 is 16.6 Å². The van der Waals surface area contributed by atoms with Gasteiger partial charge in [-0.15, -0.1) is 12.4 Å². The number of hydrazine groups is 1. The first-order valence-electron chi connectivity index (χ1n) is 5.98. The lowest BCUT2D eigenvalue weighted by Gasteiger charge is -2.25. The van der Waals surface area contributed by atoms with Crippen LogP contribution in [0.25, 0.3) is 0 Å². The SMILES string of the molecule is CCCC(C(=O)NN)C(=O)[C@H]1CCCCN1.Cl. The summed E-state index contributed by atoms with van der Waals surface area (Å²) in [5, 5.41) is 3.17. The summed E-state index contributed by atoms with van der Waals surface area (Å²) in [6.45, 7) is 2.82. The molecule has 6 heteroatoms. The number of amides is 1. The molecule has 0 aromatic rings. The molecule has 1 aliphatic rings. The van der Waals surface area contributed by atoms with E-state index in [0.29, 0.717) is 6.42 Å². The van der Waals surface area contributed by atoms with Gasteiger partial charge in [0.25, 0.3) is 0 Å². The Bertz CT molecular complexity index is 255. The van der Waals surface area contributed by atoms with Gasteiger partial charge in [0.15, 0.2) is 5.78 Å². The first-order chi connectivity index (χ1) is 7.70. The number of halogens is 1. The molecule has 1 aliphatic heterocycles. The van der Waals surface area contributed by atoms with Crippen molar-refractivity contribution in [3.8, 4) is 0 Å². The van der Waals surface area contributed by atoms with Gasteiger partial charge in [-0.1, -0.05) is 19.8 Å². The topological polar surface area (TPSA) is 84.2 Å². The zero-order valence-electron chi connectivity index (χ0n) is 10.2. The molecule has 0 spiro atoms. The Morgan fingerprint density at radius 3 is 2.65 bits per heavy atom. The van der Waals surface area contributed by atoms with Crippen LogP contribution in [0.2, 0.25) is 0 Å². The van der Waals surface area contributed by atoms with Crippen molar-refractivity contribution in [3.63, 3.8) is 0 Å². The highest BCUT2D eigenvalue weighted by atomic mass is 35.5. The highest BCUT2D eigenvalue weighted by Crippen LogP contribution is 2.16. The van der Waals surface area contributed by atoms with E-state index in [9.17, 15) is 9.59 Å². The molecular formula is C11H22ClN3O2. The fraction of sp³-hybridized carbons (Fsp3) is 0.818. The second-order valence-electron chi connectivity index (χ2n) is 4.25. The average molecular weight is 264 g/mol. The number of nitrogens with one attached hydrogen (secondary N) is 2. The molecule has 2 atom stereocenters. The summed E-state index contributed by atoms with van der Waals surface area (Å²) in [4.78, 5) is 23.6. The third-order valence-corrected chi connectivity index (χ3v) is 3.03. The van der Waals surface area contributed by atoms with Crippen LogP contribution >= 0.6 is 12.4 Å². The van der Waals surface area contributed by atoms with Gasteiger partial charge in [-0.05, 0) is 25.8 Å². The van der Waals surface area contributed by atoms with Gasteiger partial charge in [0.05, 0.1) is 12.0 Å². The Morgan fingerprint density at radius 1 is 1.47 bits per heavy atom. The smallest absolute Gasteiger partial charge is 0.244 e. The summed E-state index contributed by atoms with van der Waals surface area (Å²) in [6.07, 6.45) is 4.35. The minimum Gasteiger partial charge on any atom is -0.307 e. The van der Waals surface area contributed by atoms with Crippen LogP contribution in [0.15, 0.2) is 0 Å². The largest absolute Gasteiger partial charge is 0.307 e. The zero-order valence-corrected chi connectivity index (χ0v) is 11.0. The molecule has 0 saturated carbocycles. The lowest BCUT2D eigenvalue weighted by molar-refractivity contribution is -0.135. The van der Waals surface area contributed by atoms with E-state index >= 15 is 0 Å². The number of rotatable bonds is 5. The third kappa shape index (κ3) is 4.61. The number of nitrogens with two attached hydrogens (primary N) is 1. The highest BCUT2D eigenvalue weighted by Gasteiger charge is 2.31. The maximum absolute atomic E-state index is 12.1. The van der Waals surface area contributed by atoms with Crippen LogP contribution in [0.5, 0.6) is 0 Å².